The lowest BCUT2D eigenvalue weighted by atomic mass is 10.1. The van der Waals surface area contributed by atoms with Gasteiger partial charge in [-0.1, -0.05) is 24.8 Å². The molecule has 0 bridgehead atoms. The summed E-state index contributed by atoms with van der Waals surface area (Å²) in [6, 6.07) is 5.66. The fraction of sp³-hybridized carbons (Fsp3) is 0.0769. The van der Waals surface area contributed by atoms with E-state index in [1.807, 2.05) is 25.1 Å². The zero-order chi connectivity index (χ0) is 12.0. The van der Waals surface area contributed by atoms with E-state index in [4.69, 9.17) is 5.73 Å². The second-order valence-corrected chi connectivity index (χ2v) is 3.26. The molecule has 0 aliphatic rings. The average molecular weight is 214 g/mol. The number of amides is 1. The molecule has 82 valence electrons. The fourth-order valence-electron chi connectivity index (χ4n) is 1.15. The highest BCUT2D eigenvalue weighted by atomic mass is 16.1. The highest BCUT2D eigenvalue weighted by molar-refractivity contribution is 5.95. The topological polar surface area (TPSA) is 56.0 Å². The van der Waals surface area contributed by atoms with Gasteiger partial charge >= 0.3 is 0 Å². The van der Waals surface area contributed by atoms with E-state index < -0.39 is 5.91 Å². The van der Waals surface area contributed by atoms with E-state index in [-0.39, 0.29) is 0 Å². The van der Waals surface area contributed by atoms with Crippen LogP contribution in [-0.2, 0) is 4.79 Å². The van der Waals surface area contributed by atoms with Crippen LogP contribution in [0.3, 0.4) is 0 Å². The summed E-state index contributed by atoms with van der Waals surface area (Å²) in [5.41, 5.74) is 7.36. The highest BCUT2D eigenvalue weighted by Gasteiger charge is 1.98. The van der Waals surface area contributed by atoms with Gasteiger partial charge in [0.25, 0.3) is 0 Å². The van der Waals surface area contributed by atoms with Crippen molar-refractivity contribution >= 4 is 11.5 Å². The smallest absolute Gasteiger partial charge is 0.248 e. The van der Waals surface area contributed by atoms with Crippen LogP contribution in [0.2, 0.25) is 0 Å². The van der Waals surface area contributed by atoms with Crippen LogP contribution in [0.4, 0.5) is 0 Å². The standard InChI is InChI=1S/C13H14N2O/c1-3-11(13(14)16)8-7-10(2)12-6-4-5-9-15-12/h3-9H,1H2,2H3,(H2,14,16)/b10-7+,11-8+. The number of carbonyl (C=O) groups excluding carboxylic acids is 1. The summed E-state index contributed by atoms with van der Waals surface area (Å²) in [7, 11) is 0. The lowest BCUT2D eigenvalue weighted by Gasteiger charge is -1.98. The number of rotatable bonds is 4. The van der Waals surface area contributed by atoms with Crippen LogP contribution >= 0.6 is 0 Å². The minimum Gasteiger partial charge on any atom is -0.366 e. The number of nitrogens with two attached hydrogens (primary N) is 1. The van der Waals surface area contributed by atoms with E-state index in [0.717, 1.165) is 11.3 Å². The second-order valence-electron chi connectivity index (χ2n) is 3.26. The van der Waals surface area contributed by atoms with Crippen LogP contribution in [0.15, 0.2) is 54.8 Å². The maximum Gasteiger partial charge on any atom is 0.248 e. The first-order chi connectivity index (χ1) is 7.65. The third-order valence-electron chi connectivity index (χ3n) is 2.09. The predicted octanol–water partition coefficient (Wildman–Crippen LogP) is 2.08. The summed E-state index contributed by atoms with van der Waals surface area (Å²) >= 11 is 0. The van der Waals surface area contributed by atoms with Gasteiger partial charge in [-0.15, -0.1) is 0 Å². The first kappa shape index (κ1) is 11.9. The quantitative estimate of drug-likeness (QED) is 0.616. The van der Waals surface area contributed by atoms with E-state index in [1.54, 1.807) is 18.3 Å². The van der Waals surface area contributed by atoms with Gasteiger partial charge in [-0.25, -0.2) is 0 Å². The molecule has 2 N–H and O–H groups in total. The summed E-state index contributed by atoms with van der Waals surface area (Å²) in [6.45, 7) is 5.44. The predicted molar refractivity (Wildman–Crippen MR) is 65.4 cm³/mol. The van der Waals surface area contributed by atoms with E-state index in [1.165, 1.54) is 6.08 Å². The zero-order valence-corrected chi connectivity index (χ0v) is 9.18. The third-order valence-corrected chi connectivity index (χ3v) is 2.09. The molecule has 0 unspecified atom stereocenters. The Kier molecular flexibility index (Phi) is 4.21. The molecule has 1 aromatic heterocycles. The number of primary amides is 1. The molecule has 0 fully saturated rings. The lowest BCUT2D eigenvalue weighted by Crippen LogP contribution is -2.11. The molecule has 0 saturated heterocycles. The Morgan fingerprint density at radius 3 is 2.69 bits per heavy atom. The van der Waals surface area contributed by atoms with E-state index in [2.05, 4.69) is 11.6 Å². The van der Waals surface area contributed by atoms with Crippen molar-refractivity contribution in [2.45, 2.75) is 6.92 Å². The van der Waals surface area contributed by atoms with Crippen LogP contribution in [-0.4, -0.2) is 10.9 Å². The van der Waals surface area contributed by atoms with E-state index >= 15 is 0 Å². The first-order valence-electron chi connectivity index (χ1n) is 4.87. The van der Waals surface area contributed by atoms with Crippen LogP contribution < -0.4 is 5.73 Å². The molecule has 16 heavy (non-hydrogen) atoms. The maximum absolute atomic E-state index is 10.9. The van der Waals surface area contributed by atoms with Gasteiger partial charge in [0.1, 0.15) is 0 Å². The molecule has 0 spiro atoms. The van der Waals surface area contributed by atoms with Crippen LogP contribution in [0.25, 0.3) is 5.57 Å². The molecule has 0 radical (unpaired) electrons. The van der Waals surface area contributed by atoms with Gasteiger partial charge in [-0.3, -0.25) is 9.78 Å². The molecule has 1 amide bonds. The SMILES string of the molecule is C=C/C(=C\C=C(/C)c1ccccn1)C(N)=O. The Labute approximate surface area is 95.0 Å². The number of aromatic nitrogens is 1. The number of allylic oxidation sites excluding steroid dienone is 3. The average Bonchev–Trinajstić information content (AvgIpc) is 2.30. The molecule has 0 aromatic carbocycles. The molecule has 3 heteroatoms. The zero-order valence-electron chi connectivity index (χ0n) is 9.18. The minimum absolute atomic E-state index is 0.385. The Balaban J connectivity index is 2.94. The number of hydrogen-bond donors (Lipinski definition) is 1. The Hall–Kier alpha value is -2.16. The summed E-state index contributed by atoms with van der Waals surface area (Å²) in [6.07, 6.45) is 6.59. The summed E-state index contributed by atoms with van der Waals surface area (Å²) in [5.74, 6) is -0.486. The third kappa shape index (κ3) is 3.20. The lowest BCUT2D eigenvalue weighted by molar-refractivity contribution is -0.114. The van der Waals surface area contributed by atoms with Crippen LogP contribution in [0.1, 0.15) is 12.6 Å². The maximum atomic E-state index is 10.9. The molecule has 0 aliphatic heterocycles. The number of pyridine rings is 1. The molecular formula is C13H14N2O. The summed E-state index contributed by atoms with van der Waals surface area (Å²) in [4.78, 5) is 15.1. The summed E-state index contributed by atoms with van der Waals surface area (Å²) in [5, 5.41) is 0. The number of hydrogen-bond acceptors (Lipinski definition) is 2. The number of carbonyl (C=O) groups is 1. The van der Waals surface area contributed by atoms with E-state index in [9.17, 15) is 4.79 Å². The normalized spacial score (nSPS) is 12.3. The van der Waals surface area contributed by atoms with Gasteiger partial charge in [0.15, 0.2) is 0 Å². The minimum atomic E-state index is -0.486. The molecule has 0 saturated carbocycles. The van der Waals surface area contributed by atoms with Crippen molar-refractivity contribution in [3.63, 3.8) is 0 Å². The van der Waals surface area contributed by atoms with Gasteiger partial charge in [-0.2, -0.15) is 0 Å². The molecule has 0 aliphatic carbocycles. The van der Waals surface area contributed by atoms with Crippen molar-refractivity contribution in [3.8, 4) is 0 Å². The molecule has 1 heterocycles. The van der Waals surface area contributed by atoms with E-state index in [0.29, 0.717) is 5.57 Å². The van der Waals surface area contributed by atoms with Crippen molar-refractivity contribution in [2.75, 3.05) is 0 Å². The van der Waals surface area contributed by atoms with Gasteiger partial charge in [0.05, 0.1) is 5.69 Å². The Morgan fingerprint density at radius 2 is 2.19 bits per heavy atom. The summed E-state index contributed by atoms with van der Waals surface area (Å²) < 4.78 is 0. The monoisotopic (exact) mass is 214 g/mol. The molecule has 3 nitrogen and oxygen atoms in total. The second kappa shape index (κ2) is 5.66. The van der Waals surface area contributed by atoms with Gasteiger partial charge < -0.3 is 5.73 Å². The molecule has 0 atom stereocenters. The van der Waals surface area contributed by atoms with Gasteiger partial charge in [0.2, 0.25) is 5.91 Å². The largest absolute Gasteiger partial charge is 0.366 e. The van der Waals surface area contributed by atoms with Gasteiger partial charge in [0, 0.05) is 11.8 Å². The van der Waals surface area contributed by atoms with Gasteiger partial charge in [-0.05, 0) is 30.7 Å². The Bertz CT molecular complexity index is 444. The van der Waals surface area contributed by atoms with Crippen molar-refractivity contribution in [3.05, 3.63) is 60.5 Å². The highest BCUT2D eigenvalue weighted by Crippen LogP contribution is 2.10. The van der Waals surface area contributed by atoms with Crippen molar-refractivity contribution in [2.24, 2.45) is 5.73 Å². The number of nitrogens with zero attached hydrogens (tertiary/aromatic N) is 1. The van der Waals surface area contributed by atoms with Crippen molar-refractivity contribution < 1.29 is 4.79 Å². The Morgan fingerprint density at radius 1 is 1.44 bits per heavy atom. The van der Waals surface area contributed by atoms with Crippen LogP contribution in [0.5, 0.6) is 0 Å². The molecular weight excluding hydrogens is 200 g/mol. The van der Waals surface area contributed by atoms with Crippen molar-refractivity contribution in [1.29, 1.82) is 0 Å². The molecule has 1 rings (SSSR count). The first-order valence-corrected chi connectivity index (χ1v) is 4.87. The van der Waals surface area contributed by atoms with Crippen molar-refractivity contribution in [1.82, 2.24) is 4.98 Å². The van der Waals surface area contributed by atoms with Crippen LogP contribution in [0, 0.1) is 0 Å². The molecule has 1 aromatic rings. The fourth-order valence-corrected chi connectivity index (χ4v) is 1.15.